The molecule has 1 atom stereocenters. The first-order valence-electron chi connectivity index (χ1n) is 10.1. The number of carbonyl (C=O) groups excluding carboxylic acids is 2. The van der Waals surface area contributed by atoms with Crippen molar-refractivity contribution in [3.05, 3.63) is 63.9 Å². The van der Waals surface area contributed by atoms with Crippen LogP contribution in [0.15, 0.2) is 36.4 Å². The zero-order valence-corrected chi connectivity index (χ0v) is 19.6. The van der Waals surface area contributed by atoms with Gasteiger partial charge in [-0.1, -0.05) is 29.8 Å². The molecule has 31 heavy (non-hydrogen) atoms. The third kappa shape index (κ3) is 6.96. The average molecular weight is 449 g/mol. The molecule has 0 spiro atoms. The highest BCUT2D eigenvalue weighted by atomic mass is 35.5. The van der Waals surface area contributed by atoms with Crippen LogP contribution in [-0.2, 0) is 16.1 Å². The Kier molecular flexibility index (Phi) is 8.07. The van der Waals surface area contributed by atoms with Crippen molar-refractivity contribution in [1.29, 1.82) is 0 Å². The number of halogens is 2. The molecule has 2 amide bonds. The van der Waals surface area contributed by atoms with Crippen LogP contribution in [-0.4, -0.2) is 34.9 Å². The molecule has 2 aromatic carbocycles. The van der Waals surface area contributed by atoms with Crippen molar-refractivity contribution < 1.29 is 18.7 Å². The minimum atomic E-state index is -0.816. The molecule has 2 aromatic rings. The summed E-state index contributed by atoms with van der Waals surface area (Å²) in [6.07, 6.45) is 0. The number of rotatable bonds is 7. The molecule has 0 bridgehead atoms. The van der Waals surface area contributed by atoms with Crippen molar-refractivity contribution in [2.24, 2.45) is 0 Å². The van der Waals surface area contributed by atoms with Gasteiger partial charge in [0.2, 0.25) is 5.91 Å². The molecule has 0 saturated carbocycles. The van der Waals surface area contributed by atoms with E-state index in [1.807, 2.05) is 34.6 Å². The predicted molar refractivity (Wildman–Crippen MR) is 121 cm³/mol. The lowest BCUT2D eigenvalue weighted by molar-refractivity contribution is -0.142. The van der Waals surface area contributed by atoms with Crippen LogP contribution >= 0.6 is 11.6 Å². The third-order valence-electron chi connectivity index (χ3n) is 4.74. The fraction of sp³-hybridized carbons (Fsp3) is 0.417. The lowest BCUT2D eigenvalue weighted by atomic mass is 10.1. The monoisotopic (exact) mass is 448 g/mol. The molecule has 0 aromatic heterocycles. The van der Waals surface area contributed by atoms with Gasteiger partial charge in [-0.05, 0) is 70.9 Å². The quantitative estimate of drug-likeness (QED) is 0.661. The number of aryl methyl sites for hydroxylation is 2. The second kappa shape index (κ2) is 10.1. The van der Waals surface area contributed by atoms with Crippen LogP contribution in [0, 0.1) is 19.7 Å². The van der Waals surface area contributed by atoms with Gasteiger partial charge in [0.15, 0.2) is 6.61 Å². The van der Waals surface area contributed by atoms with Crippen molar-refractivity contribution in [1.82, 2.24) is 10.2 Å². The van der Waals surface area contributed by atoms with E-state index in [0.29, 0.717) is 16.3 Å². The van der Waals surface area contributed by atoms with Gasteiger partial charge in [0, 0.05) is 22.7 Å². The molecule has 5 nitrogen and oxygen atoms in total. The Balaban J connectivity index is 2.23. The first-order valence-corrected chi connectivity index (χ1v) is 10.5. The number of amides is 2. The molecule has 0 unspecified atom stereocenters. The van der Waals surface area contributed by atoms with Crippen LogP contribution < -0.4 is 10.1 Å². The first-order chi connectivity index (χ1) is 14.4. The maximum atomic E-state index is 14.2. The Morgan fingerprint density at radius 2 is 1.74 bits per heavy atom. The Bertz CT molecular complexity index is 933. The Morgan fingerprint density at radius 3 is 2.29 bits per heavy atom. The topological polar surface area (TPSA) is 58.6 Å². The highest BCUT2D eigenvalue weighted by molar-refractivity contribution is 6.32. The van der Waals surface area contributed by atoms with Crippen molar-refractivity contribution >= 4 is 23.4 Å². The summed E-state index contributed by atoms with van der Waals surface area (Å²) in [6, 6.07) is 8.87. The largest absolute Gasteiger partial charge is 0.484 e. The molecule has 0 aliphatic rings. The first kappa shape index (κ1) is 24.7. The molecule has 0 heterocycles. The zero-order chi connectivity index (χ0) is 23.3. The van der Waals surface area contributed by atoms with E-state index in [2.05, 4.69) is 5.32 Å². The Morgan fingerprint density at radius 1 is 1.16 bits per heavy atom. The van der Waals surface area contributed by atoms with E-state index < -0.39 is 23.3 Å². The van der Waals surface area contributed by atoms with Gasteiger partial charge in [0.25, 0.3) is 5.91 Å². The van der Waals surface area contributed by atoms with E-state index in [1.54, 1.807) is 37.3 Å². The summed E-state index contributed by atoms with van der Waals surface area (Å²) in [6.45, 7) is 10.6. The fourth-order valence-corrected chi connectivity index (χ4v) is 3.19. The number of benzene rings is 2. The minimum absolute atomic E-state index is 0.0493. The number of nitrogens with one attached hydrogen (secondary N) is 1. The summed E-state index contributed by atoms with van der Waals surface area (Å²) in [5.74, 6) is -0.681. The van der Waals surface area contributed by atoms with Crippen molar-refractivity contribution in [2.45, 2.75) is 59.7 Å². The van der Waals surface area contributed by atoms with E-state index in [-0.39, 0.29) is 19.1 Å². The highest BCUT2D eigenvalue weighted by Crippen LogP contribution is 2.26. The molecular weight excluding hydrogens is 419 g/mol. The van der Waals surface area contributed by atoms with E-state index in [1.165, 1.54) is 11.0 Å². The van der Waals surface area contributed by atoms with Gasteiger partial charge >= 0.3 is 0 Å². The SMILES string of the molecule is Cc1cc(OCC(=O)N(Cc2ccccc2F)[C@H](C)C(=O)NC(C)(C)C)cc(C)c1Cl. The maximum absolute atomic E-state index is 14.2. The van der Waals surface area contributed by atoms with E-state index >= 15 is 0 Å². The number of hydrogen-bond acceptors (Lipinski definition) is 3. The van der Waals surface area contributed by atoms with Gasteiger partial charge in [0.1, 0.15) is 17.6 Å². The van der Waals surface area contributed by atoms with Crippen LogP contribution in [0.3, 0.4) is 0 Å². The summed E-state index contributed by atoms with van der Waals surface area (Å²) < 4.78 is 19.9. The van der Waals surface area contributed by atoms with E-state index in [0.717, 1.165) is 11.1 Å². The second-order valence-corrected chi connectivity index (χ2v) is 9.07. The number of carbonyl (C=O) groups is 2. The molecule has 2 rings (SSSR count). The molecule has 0 aliphatic heterocycles. The molecule has 7 heteroatoms. The van der Waals surface area contributed by atoms with Gasteiger partial charge in [0.05, 0.1) is 0 Å². The molecule has 0 aliphatic carbocycles. The second-order valence-electron chi connectivity index (χ2n) is 8.69. The lowest BCUT2D eigenvalue weighted by Gasteiger charge is -2.31. The van der Waals surface area contributed by atoms with E-state index in [4.69, 9.17) is 16.3 Å². The van der Waals surface area contributed by atoms with Crippen LogP contribution in [0.5, 0.6) is 5.75 Å². The normalized spacial score (nSPS) is 12.3. The van der Waals surface area contributed by atoms with Crippen LogP contribution in [0.1, 0.15) is 44.4 Å². The van der Waals surface area contributed by atoms with Gasteiger partial charge in [-0.25, -0.2) is 4.39 Å². The van der Waals surface area contributed by atoms with Crippen LogP contribution in [0.4, 0.5) is 4.39 Å². The Hall–Kier alpha value is -2.60. The summed E-state index contributed by atoms with van der Waals surface area (Å²) in [4.78, 5) is 27.1. The Labute approximate surface area is 188 Å². The average Bonchev–Trinajstić information content (AvgIpc) is 2.67. The predicted octanol–water partition coefficient (Wildman–Crippen LogP) is 4.81. The van der Waals surface area contributed by atoms with Gasteiger partial charge in [-0.2, -0.15) is 0 Å². The molecule has 168 valence electrons. The summed E-state index contributed by atoms with van der Waals surface area (Å²) in [5, 5.41) is 3.51. The van der Waals surface area contributed by atoms with Crippen molar-refractivity contribution in [2.75, 3.05) is 6.61 Å². The van der Waals surface area contributed by atoms with Crippen LogP contribution in [0.2, 0.25) is 5.02 Å². The molecule has 0 saturated heterocycles. The summed E-state index contributed by atoms with van der Waals surface area (Å²) >= 11 is 6.19. The van der Waals surface area contributed by atoms with E-state index in [9.17, 15) is 14.0 Å². The smallest absolute Gasteiger partial charge is 0.261 e. The number of hydrogen-bond donors (Lipinski definition) is 1. The van der Waals surface area contributed by atoms with Gasteiger partial charge in [-0.3, -0.25) is 9.59 Å². The molecule has 0 radical (unpaired) electrons. The van der Waals surface area contributed by atoms with Gasteiger partial charge < -0.3 is 15.0 Å². The molecule has 1 N–H and O–H groups in total. The fourth-order valence-electron chi connectivity index (χ4n) is 3.08. The summed E-state index contributed by atoms with van der Waals surface area (Å²) in [7, 11) is 0. The molecular formula is C24H30ClFN2O3. The summed E-state index contributed by atoms with van der Waals surface area (Å²) in [5.41, 5.74) is 1.53. The third-order valence-corrected chi connectivity index (χ3v) is 5.33. The number of nitrogens with zero attached hydrogens (tertiary/aromatic N) is 1. The van der Waals surface area contributed by atoms with Gasteiger partial charge in [-0.15, -0.1) is 0 Å². The lowest BCUT2D eigenvalue weighted by Crippen LogP contribution is -2.53. The number of ether oxygens (including phenoxy) is 1. The van der Waals surface area contributed by atoms with Crippen molar-refractivity contribution in [3.63, 3.8) is 0 Å². The van der Waals surface area contributed by atoms with Crippen molar-refractivity contribution in [3.8, 4) is 5.75 Å². The zero-order valence-electron chi connectivity index (χ0n) is 18.9. The highest BCUT2D eigenvalue weighted by Gasteiger charge is 2.29. The van der Waals surface area contributed by atoms with Crippen LogP contribution in [0.25, 0.3) is 0 Å². The standard InChI is InChI=1S/C24H30ClFN2O3/c1-15-11-19(12-16(2)22(15)25)31-14-21(29)28(13-18-9-7-8-10-20(18)26)17(3)23(30)27-24(4,5)6/h7-12,17H,13-14H2,1-6H3,(H,27,30)/t17-/m1/s1. The minimum Gasteiger partial charge on any atom is -0.484 e. The maximum Gasteiger partial charge on any atom is 0.261 e. The molecule has 0 fully saturated rings.